The van der Waals surface area contributed by atoms with Gasteiger partial charge in [-0.25, -0.2) is 8.78 Å². The zero-order valence-corrected chi connectivity index (χ0v) is 8.24. The van der Waals surface area contributed by atoms with Crippen LogP contribution in [0.3, 0.4) is 0 Å². The van der Waals surface area contributed by atoms with Crippen LogP contribution in [0.15, 0.2) is 42.6 Å². The molecular weight excluding hydrogens is 208 g/mol. The Morgan fingerprint density at radius 2 is 1.62 bits per heavy atom. The van der Waals surface area contributed by atoms with Crippen molar-refractivity contribution in [2.45, 2.75) is 0 Å². The third-order valence-electron chi connectivity index (χ3n) is 2.66. The van der Waals surface area contributed by atoms with Crippen molar-refractivity contribution in [3.05, 3.63) is 54.2 Å². The maximum atomic E-state index is 13.7. The molecule has 16 heavy (non-hydrogen) atoms. The summed E-state index contributed by atoms with van der Waals surface area (Å²) in [4.78, 5) is 4.11. The van der Waals surface area contributed by atoms with E-state index in [0.717, 1.165) is 12.1 Å². The SMILES string of the molecule is Fc1ccc(F)c2c1ccc1ncccc12. The minimum atomic E-state index is -0.421. The van der Waals surface area contributed by atoms with E-state index in [9.17, 15) is 8.78 Å². The highest BCUT2D eigenvalue weighted by atomic mass is 19.1. The Labute approximate surface area is 90.3 Å². The highest BCUT2D eigenvalue weighted by molar-refractivity contribution is 6.06. The quantitative estimate of drug-likeness (QED) is 0.521. The molecule has 0 aliphatic heterocycles. The summed E-state index contributed by atoms with van der Waals surface area (Å²) in [5, 5.41) is 1.23. The van der Waals surface area contributed by atoms with E-state index in [1.54, 1.807) is 30.5 Å². The van der Waals surface area contributed by atoms with Gasteiger partial charge in [-0.15, -0.1) is 0 Å². The first-order valence-corrected chi connectivity index (χ1v) is 4.89. The van der Waals surface area contributed by atoms with E-state index in [1.165, 1.54) is 0 Å². The molecule has 78 valence electrons. The van der Waals surface area contributed by atoms with Gasteiger partial charge in [0.05, 0.1) is 5.52 Å². The minimum absolute atomic E-state index is 0.292. The van der Waals surface area contributed by atoms with Crippen molar-refractivity contribution in [2.75, 3.05) is 0 Å². The Kier molecular flexibility index (Phi) is 1.86. The molecule has 0 spiro atoms. The number of hydrogen-bond acceptors (Lipinski definition) is 1. The maximum absolute atomic E-state index is 13.7. The van der Waals surface area contributed by atoms with Crippen LogP contribution in [0, 0.1) is 11.6 Å². The van der Waals surface area contributed by atoms with Crippen LogP contribution in [0.1, 0.15) is 0 Å². The second-order valence-electron chi connectivity index (χ2n) is 3.59. The molecule has 0 radical (unpaired) electrons. The number of hydrogen-bond donors (Lipinski definition) is 0. The molecule has 0 aliphatic carbocycles. The van der Waals surface area contributed by atoms with Crippen LogP contribution in [0.5, 0.6) is 0 Å². The number of rotatable bonds is 0. The molecule has 1 nitrogen and oxygen atoms in total. The summed E-state index contributed by atoms with van der Waals surface area (Å²) in [7, 11) is 0. The molecule has 0 aliphatic rings. The number of aromatic nitrogens is 1. The fourth-order valence-corrected chi connectivity index (χ4v) is 1.93. The zero-order chi connectivity index (χ0) is 11.1. The Bertz CT molecular complexity index is 692. The average Bonchev–Trinajstić information content (AvgIpc) is 2.33. The van der Waals surface area contributed by atoms with Crippen molar-refractivity contribution in [3.8, 4) is 0 Å². The van der Waals surface area contributed by atoms with Gasteiger partial charge in [0.1, 0.15) is 11.6 Å². The lowest BCUT2D eigenvalue weighted by Gasteiger charge is -2.04. The van der Waals surface area contributed by atoms with E-state index in [4.69, 9.17) is 0 Å². The first kappa shape index (κ1) is 9.21. The van der Waals surface area contributed by atoms with Crippen LogP contribution in [-0.2, 0) is 0 Å². The molecule has 0 bridgehead atoms. The number of fused-ring (bicyclic) bond motifs is 3. The standard InChI is InChI=1S/C13H7F2N/c14-10-4-5-11(15)13-8(10)3-6-12-9(13)2-1-7-16-12/h1-7H. The van der Waals surface area contributed by atoms with Gasteiger partial charge in [0.2, 0.25) is 0 Å². The molecule has 2 aromatic carbocycles. The predicted octanol–water partition coefficient (Wildman–Crippen LogP) is 3.67. The van der Waals surface area contributed by atoms with Gasteiger partial charge in [-0.2, -0.15) is 0 Å². The molecule has 0 fully saturated rings. The zero-order valence-electron chi connectivity index (χ0n) is 8.24. The molecule has 0 amide bonds. The van der Waals surface area contributed by atoms with Crippen molar-refractivity contribution < 1.29 is 8.78 Å². The Morgan fingerprint density at radius 1 is 0.812 bits per heavy atom. The molecule has 0 saturated heterocycles. The van der Waals surface area contributed by atoms with Crippen molar-refractivity contribution >= 4 is 21.7 Å². The summed E-state index contributed by atoms with van der Waals surface area (Å²) in [6.45, 7) is 0. The van der Waals surface area contributed by atoms with Crippen LogP contribution >= 0.6 is 0 Å². The molecule has 3 aromatic rings. The molecule has 1 aromatic heterocycles. The topological polar surface area (TPSA) is 12.9 Å². The van der Waals surface area contributed by atoms with Crippen molar-refractivity contribution in [1.82, 2.24) is 4.98 Å². The van der Waals surface area contributed by atoms with E-state index in [2.05, 4.69) is 4.98 Å². The van der Waals surface area contributed by atoms with Crippen molar-refractivity contribution in [3.63, 3.8) is 0 Å². The van der Waals surface area contributed by atoms with Crippen LogP contribution in [-0.4, -0.2) is 4.98 Å². The van der Waals surface area contributed by atoms with Gasteiger partial charge < -0.3 is 0 Å². The van der Waals surface area contributed by atoms with Gasteiger partial charge in [0.15, 0.2) is 0 Å². The van der Waals surface area contributed by atoms with Gasteiger partial charge in [-0.3, -0.25) is 4.98 Å². The second kappa shape index (κ2) is 3.23. The molecule has 3 heteroatoms. The monoisotopic (exact) mass is 215 g/mol. The summed E-state index contributed by atoms with van der Waals surface area (Å²) in [5.41, 5.74) is 0.666. The summed E-state index contributed by atoms with van der Waals surface area (Å²) < 4.78 is 27.2. The predicted molar refractivity (Wildman–Crippen MR) is 59.2 cm³/mol. The number of pyridine rings is 1. The first-order chi connectivity index (χ1) is 7.77. The largest absolute Gasteiger partial charge is 0.256 e. The highest BCUT2D eigenvalue weighted by Crippen LogP contribution is 2.28. The summed E-state index contributed by atoms with van der Waals surface area (Å²) in [6, 6.07) is 8.99. The molecule has 0 atom stereocenters. The molecule has 0 unspecified atom stereocenters. The second-order valence-corrected chi connectivity index (χ2v) is 3.59. The minimum Gasteiger partial charge on any atom is -0.256 e. The molecular formula is C13H7F2N. The lowest BCUT2D eigenvalue weighted by atomic mass is 10.0. The molecule has 3 rings (SSSR count). The van der Waals surface area contributed by atoms with Gasteiger partial charge in [0.25, 0.3) is 0 Å². The molecule has 1 heterocycles. The van der Waals surface area contributed by atoms with Crippen LogP contribution < -0.4 is 0 Å². The molecule has 0 N–H and O–H groups in total. The van der Waals surface area contributed by atoms with E-state index in [-0.39, 0.29) is 0 Å². The van der Waals surface area contributed by atoms with E-state index >= 15 is 0 Å². The average molecular weight is 215 g/mol. The van der Waals surface area contributed by atoms with Crippen LogP contribution in [0.4, 0.5) is 8.78 Å². The normalized spacial score (nSPS) is 11.1. The van der Waals surface area contributed by atoms with E-state index in [0.29, 0.717) is 21.7 Å². The fourth-order valence-electron chi connectivity index (χ4n) is 1.93. The number of benzene rings is 2. The Morgan fingerprint density at radius 3 is 2.50 bits per heavy atom. The van der Waals surface area contributed by atoms with E-state index in [1.807, 2.05) is 0 Å². The number of halogens is 2. The Balaban J connectivity index is 2.64. The molecule has 0 saturated carbocycles. The fraction of sp³-hybridized carbons (Fsp3) is 0. The first-order valence-electron chi connectivity index (χ1n) is 4.89. The van der Waals surface area contributed by atoms with Crippen LogP contribution in [0.2, 0.25) is 0 Å². The smallest absolute Gasteiger partial charge is 0.131 e. The lowest BCUT2D eigenvalue weighted by Crippen LogP contribution is -1.87. The van der Waals surface area contributed by atoms with Crippen molar-refractivity contribution in [2.24, 2.45) is 0 Å². The van der Waals surface area contributed by atoms with Crippen molar-refractivity contribution in [1.29, 1.82) is 0 Å². The maximum Gasteiger partial charge on any atom is 0.131 e. The number of nitrogens with zero attached hydrogens (tertiary/aromatic N) is 1. The highest BCUT2D eigenvalue weighted by Gasteiger charge is 2.09. The van der Waals surface area contributed by atoms with Gasteiger partial charge >= 0.3 is 0 Å². The lowest BCUT2D eigenvalue weighted by molar-refractivity contribution is 0.618. The summed E-state index contributed by atoms with van der Waals surface area (Å²) in [5.74, 6) is -0.836. The van der Waals surface area contributed by atoms with Crippen LogP contribution in [0.25, 0.3) is 21.7 Å². The third-order valence-corrected chi connectivity index (χ3v) is 2.66. The van der Waals surface area contributed by atoms with Gasteiger partial charge in [0, 0.05) is 22.4 Å². The summed E-state index contributed by atoms with van der Waals surface area (Å²) in [6.07, 6.45) is 1.63. The third kappa shape index (κ3) is 1.18. The summed E-state index contributed by atoms with van der Waals surface area (Å²) >= 11 is 0. The van der Waals surface area contributed by atoms with E-state index < -0.39 is 11.6 Å². The Hall–Kier alpha value is -2.03. The van der Waals surface area contributed by atoms with Gasteiger partial charge in [-0.05, 0) is 30.3 Å². The van der Waals surface area contributed by atoms with Gasteiger partial charge in [-0.1, -0.05) is 6.07 Å².